The van der Waals surface area contributed by atoms with E-state index in [0.29, 0.717) is 0 Å². The predicted molar refractivity (Wildman–Crippen MR) is 146 cm³/mol. The Balaban J connectivity index is 1.77. The molecule has 7 rings (SSSR count). The molecule has 0 unspecified atom stereocenters. The molecule has 0 atom stereocenters. The van der Waals surface area contributed by atoms with Crippen molar-refractivity contribution in [1.29, 1.82) is 0 Å². The van der Waals surface area contributed by atoms with Gasteiger partial charge in [-0.2, -0.15) is 0 Å². The van der Waals surface area contributed by atoms with Crippen molar-refractivity contribution < 1.29 is 0 Å². The number of rotatable bonds is 2. The molecule has 0 spiro atoms. The highest BCUT2D eigenvalue weighted by Crippen LogP contribution is 2.43. The van der Waals surface area contributed by atoms with Crippen LogP contribution in [0.25, 0.3) is 60.2 Å². The highest BCUT2D eigenvalue weighted by Gasteiger charge is 2.19. The second-order valence-corrected chi connectivity index (χ2v) is 9.16. The van der Waals surface area contributed by atoms with Gasteiger partial charge >= 0.3 is 0 Å². The number of hydrogen-bond acceptors (Lipinski definition) is 0. The van der Waals surface area contributed by atoms with Crippen LogP contribution >= 0.6 is 11.6 Å². The molecular formula is C32H20ClN. The molecule has 1 aromatic heterocycles. The minimum absolute atomic E-state index is 0.747. The Bertz CT molecular complexity index is 1860. The van der Waals surface area contributed by atoms with Gasteiger partial charge in [0, 0.05) is 26.9 Å². The van der Waals surface area contributed by atoms with E-state index in [9.17, 15) is 0 Å². The molecular weight excluding hydrogens is 434 g/mol. The molecule has 0 aliphatic rings. The molecule has 0 saturated heterocycles. The molecule has 2 heteroatoms. The van der Waals surface area contributed by atoms with Gasteiger partial charge in [0.2, 0.25) is 0 Å². The van der Waals surface area contributed by atoms with Gasteiger partial charge in [0.1, 0.15) is 0 Å². The smallest absolute Gasteiger partial charge is 0.0619 e. The van der Waals surface area contributed by atoms with Crippen molar-refractivity contribution in [2.24, 2.45) is 0 Å². The number of para-hydroxylation sites is 1. The van der Waals surface area contributed by atoms with Crippen molar-refractivity contribution in [3.8, 4) is 16.8 Å². The van der Waals surface area contributed by atoms with Crippen LogP contribution < -0.4 is 0 Å². The summed E-state index contributed by atoms with van der Waals surface area (Å²) in [6.07, 6.45) is 0. The summed E-state index contributed by atoms with van der Waals surface area (Å²) in [7, 11) is 0. The number of hydrogen-bond donors (Lipinski definition) is 0. The zero-order valence-corrected chi connectivity index (χ0v) is 19.1. The van der Waals surface area contributed by atoms with E-state index in [0.717, 1.165) is 16.3 Å². The van der Waals surface area contributed by atoms with Crippen LogP contribution in [-0.4, -0.2) is 4.57 Å². The zero-order valence-electron chi connectivity index (χ0n) is 18.4. The molecule has 0 radical (unpaired) electrons. The Morgan fingerprint density at radius 2 is 1.26 bits per heavy atom. The Morgan fingerprint density at radius 1 is 0.529 bits per heavy atom. The fourth-order valence-electron chi connectivity index (χ4n) is 5.38. The third-order valence-corrected chi connectivity index (χ3v) is 7.04. The topological polar surface area (TPSA) is 4.93 Å². The quantitative estimate of drug-likeness (QED) is 0.245. The van der Waals surface area contributed by atoms with Crippen LogP contribution in [0.3, 0.4) is 0 Å². The van der Waals surface area contributed by atoms with Crippen LogP contribution in [0.5, 0.6) is 0 Å². The molecule has 0 fully saturated rings. The Kier molecular flexibility index (Phi) is 4.27. The van der Waals surface area contributed by atoms with E-state index in [2.05, 4.69) is 114 Å². The average molecular weight is 454 g/mol. The Hall–Kier alpha value is -4.07. The molecule has 160 valence electrons. The highest BCUT2D eigenvalue weighted by atomic mass is 35.5. The van der Waals surface area contributed by atoms with Gasteiger partial charge in [-0.1, -0.05) is 103 Å². The number of fused-ring (bicyclic) bond motifs is 7. The van der Waals surface area contributed by atoms with Gasteiger partial charge in [-0.25, -0.2) is 0 Å². The maximum atomic E-state index is 6.42. The first-order valence-corrected chi connectivity index (χ1v) is 11.9. The Morgan fingerprint density at radius 3 is 2.09 bits per heavy atom. The fourth-order valence-corrected chi connectivity index (χ4v) is 5.57. The second-order valence-electron chi connectivity index (χ2n) is 8.73. The molecule has 7 aromatic rings. The van der Waals surface area contributed by atoms with Crippen molar-refractivity contribution >= 4 is 55.0 Å². The van der Waals surface area contributed by atoms with Gasteiger partial charge < -0.3 is 4.57 Å². The third-order valence-electron chi connectivity index (χ3n) is 6.81. The van der Waals surface area contributed by atoms with Gasteiger partial charge in [0.15, 0.2) is 0 Å². The lowest BCUT2D eigenvalue weighted by Crippen LogP contribution is -1.94. The highest BCUT2D eigenvalue weighted by molar-refractivity contribution is 6.31. The lowest BCUT2D eigenvalue weighted by Gasteiger charge is -2.12. The second kappa shape index (κ2) is 7.48. The van der Waals surface area contributed by atoms with Crippen molar-refractivity contribution in [3.05, 3.63) is 126 Å². The van der Waals surface area contributed by atoms with Crippen molar-refractivity contribution in [2.75, 3.05) is 0 Å². The summed E-state index contributed by atoms with van der Waals surface area (Å²) in [5.41, 5.74) is 5.92. The van der Waals surface area contributed by atoms with Crippen LogP contribution in [0.15, 0.2) is 121 Å². The van der Waals surface area contributed by atoms with Gasteiger partial charge in [0.25, 0.3) is 0 Å². The summed E-state index contributed by atoms with van der Waals surface area (Å²) in [6, 6.07) is 43.1. The molecule has 34 heavy (non-hydrogen) atoms. The minimum atomic E-state index is 0.747. The molecule has 0 bridgehead atoms. The molecule has 0 aliphatic carbocycles. The van der Waals surface area contributed by atoms with Crippen LogP contribution in [0.2, 0.25) is 5.02 Å². The summed E-state index contributed by atoms with van der Waals surface area (Å²) in [5, 5.41) is 8.29. The average Bonchev–Trinajstić information content (AvgIpc) is 3.24. The van der Waals surface area contributed by atoms with E-state index in [-0.39, 0.29) is 0 Å². The zero-order chi connectivity index (χ0) is 22.6. The Labute approximate surface area is 202 Å². The number of nitrogens with zero attached hydrogens (tertiary/aromatic N) is 1. The van der Waals surface area contributed by atoms with Crippen molar-refractivity contribution in [3.63, 3.8) is 0 Å². The monoisotopic (exact) mass is 453 g/mol. The van der Waals surface area contributed by atoms with Crippen LogP contribution in [0.1, 0.15) is 0 Å². The largest absolute Gasteiger partial charge is 0.309 e. The van der Waals surface area contributed by atoms with Crippen molar-refractivity contribution in [1.82, 2.24) is 4.57 Å². The summed E-state index contributed by atoms with van der Waals surface area (Å²) in [5.74, 6) is 0. The molecule has 6 aromatic carbocycles. The summed E-state index contributed by atoms with van der Waals surface area (Å²) in [4.78, 5) is 0. The lowest BCUT2D eigenvalue weighted by molar-refractivity contribution is 1.19. The van der Waals surface area contributed by atoms with E-state index in [1.54, 1.807) is 0 Å². The molecule has 1 nitrogen and oxygen atoms in total. The normalized spacial score (nSPS) is 11.7. The van der Waals surface area contributed by atoms with E-state index in [1.165, 1.54) is 48.9 Å². The summed E-state index contributed by atoms with van der Waals surface area (Å²) in [6.45, 7) is 0. The maximum absolute atomic E-state index is 6.42. The van der Waals surface area contributed by atoms with Gasteiger partial charge in [-0.05, 0) is 57.6 Å². The SMILES string of the molecule is Clc1cccc(-c2cc3c(c4ccccc24)c2ccc4ccccc4c2n3-c2ccccc2)c1. The molecule has 0 amide bonds. The molecule has 0 aliphatic heterocycles. The summed E-state index contributed by atoms with van der Waals surface area (Å²) >= 11 is 6.42. The van der Waals surface area contributed by atoms with E-state index in [1.807, 2.05) is 12.1 Å². The maximum Gasteiger partial charge on any atom is 0.0619 e. The van der Waals surface area contributed by atoms with Crippen LogP contribution in [0.4, 0.5) is 0 Å². The van der Waals surface area contributed by atoms with E-state index in [4.69, 9.17) is 11.6 Å². The molecule has 0 N–H and O–H groups in total. The number of halogens is 1. The standard InChI is InChI=1S/C32H20ClN/c33-23-11-8-10-22(19-23)29-20-30-31(27-16-7-6-15-26(27)29)28-18-17-21-9-4-5-14-25(21)32(28)34(30)24-12-2-1-3-13-24/h1-20H. The number of benzene rings is 6. The molecule has 0 saturated carbocycles. The summed E-state index contributed by atoms with van der Waals surface area (Å²) < 4.78 is 2.42. The lowest BCUT2D eigenvalue weighted by atomic mass is 9.94. The van der Waals surface area contributed by atoms with Crippen LogP contribution in [-0.2, 0) is 0 Å². The third kappa shape index (κ3) is 2.81. The predicted octanol–water partition coefficient (Wildman–Crippen LogP) is 9.41. The number of aromatic nitrogens is 1. The fraction of sp³-hybridized carbons (Fsp3) is 0. The van der Waals surface area contributed by atoms with Gasteiger partial charge in [-0.3, -0.25) is 0 Å². The van der Waals surface area contributed by atoms with Gasteiger partial charge in [0.05, 0.1) is 11.0 Å². The minimum Gasteiger partial charge on any atom is -0.309 e. The molecule has 1 heterocycles. The van der Waals surface area contributed by atoms with Gasteiger partial charge in [-0.15, -0.1) is 0 Å². The van der Waals surface area contributed by atoms with Crippen LogP contribution in [0, 0.1) is 0 Å². The van der Waals surface area contributed by atoms with E-state index >= 15 is 0 Å². The first-order chi connectivity index (χ1) is 16.8. The van der Waals surface area contributed by atoms with Crippen molar-refractivity contribution in [2.45, 2.75) is 0 Å². The van der Waals surface area contributed by atoms with E-state index < -0.39 is 0 Å². The first kappa shape index (κ1) is 19.4. The first-order valence-electron chi connectivity index (χ1n) is 11.5.